The summed E-state index contributed by atoms with van der Waals surface area (Å²) in [7, 11) is -2.60. The van der Waals surface area contributed by atoms with Gasteiger partial charge in [-0.05, 0) is 27.5 Å². The van der Waals surface area contributed by atoms with Crippen LogP contribution in [0.5, 0.6) is 0 Å². The summed E-state index contributed by atoms with van der Waals surface area (Å²) in [5, 5.41) is 12.4. The zero-order chi connectivity index (χ0) is 20.0. The van der Waals surface area contributed by atoms with Crippen LogP contribution in [0.2, 0.25) is 5.04 Å². The summed E-state index contributed by atoms with van der Waals surface area (Å²) >= 11 is 0. The zero-order valence-corrected chi connectivity index (χ0v) is 17.9. The number of aromatic nitrogens is 1. The van der Waals surface area contributed by atoms with Crippen LogP contribution in [0.1, 0.15) is 32.4 Å². The molecule has 1 heterocycles. The molecular formula is C24H29NO2Si. The number of rotatable bonds is 7. The lowest BCUT2D eigenvalue weighted by molar-refractivity contribution is 0.196. The molecule has 0 aliphatic carbocycles. The van der Waals surface area contributed by atoms with Gasteiger partial charge in [0.2, 0.25) is 0 Å². The highest BCUT2D eigenvalue weighted by Crippen LogP contribution is 2.37. The molecule has 0 fully saturated rings. The molecule has 0 radical (unpaired) electrons. The SMILES string of the molecule is CC(C)(C)[Si](OCC(CO)c1ccccn1)(c1ccccc1)c1ccccc1. The quantitative estimate of drug-likeness (QED) is 0.624. The van der Waals surface area contributed by atoms with Crippen molar-refractivity contribution < 1.29 is 9.53 Å². The van der Waals surface area contributed by atoms with Crippen molar-refractivity contribution in [2.75, 3.05) is 13.2 Å². The lowest BCUT2D eigenvalue weighted by Crippen LogP contribution is -2.66. The van der Waals surface area contributed by atoms with Crippen molar-refractivity contribution in [2.24, 2.45) is 0 Å². The number of aliphatic hydroxyl groups excluding tert-OH is 1. The van der Waals surface area contributed by atoms with Gasteiger partial charge in [-0.25, -0.2) is 0 Å². The van der Waals surface area contributed by atoms with E-state index in [0.717, 1.165) is 5.69 Å². The maximum Gasteiger partial charge on any atom is 0.261 e. The van der Waals surface area contributed by atoms with E-state index in [9.17, 15) is 5.11 Å². The Labute approximate surface area is 169 Å². The molecule has 1 aromatic heterocycles. The van der Waals surface area contributed by atoms with Crippen molar-refractivity contribution in [3.05, 3.63) is 90.8 Å². The van der Waals surface area contributed by atoms with Gasteiger partial charge in [-0.1, -0.05) is 87.5 Å². The van der Waals surface area contributed by atoms with Crippen LogP contribution < -0.4 is 10.4 Å². The van der Waals surface area contributed by atoms with E-state index in [0.29, 0.717) is 6.61 Å². The largest absolute Gasteiger partial charge is 0.407 e. The maximum atomic E-state index is 10.0. The smallest absolute Gasteiger partial charge is 0.261 e. The van der Waals surface area contributed by atoms with E-state index in [-0.39, 0.29) is 17.6 Å². The van der Waals surface area contributed by atoms with Gasteiger partial charge in [0.1, 0.15) is 0 Å². The molecule has 0 saturated carbocycles. The molecule has 0 spiro atoms. The van der Waals surface area contributed by atoms with Gasteiger partial charge >= 0.3 is 0 Å². The fraction of sp³-hybridized carbons (Fsp3) is 0.292. The number of nitrogens with zero attached hydrogens (tertiary/aromatic N) is 1. The summed E-state index contributed by atoms with van der Waals surface area (Å²) in [6.07, 6.45) is 1.76. The fourth-order valence-electron chi connectivity index (χ4n) is 3.84. The molecule has 2 aromatic carbocycles. The third kappa shape index (κ3) is 4.09. The van der Waals surface area contributed by atoms with E-state index in [4.69, 9.17) is 4.43 Å². The van der Waals surface area contributed by atoms with Crippen molar-refractivity contribution in [3.8, 4) is 0 Å². The first-order valence-electron chi connectivity index (χ1n) is 9.76. The van der Waals surface area contributed by atoms with E-state index in [1.165, 1.54) is 10.4 Å². The average Bonchev–Trinajstić information content (AvgIpc) is 2.72. The summed E-state index contributed by atoms with van der Waals surface area (Å²) in [5.41, 5.74) is 0.864. The summed E-state index contributed by atoms with van der Waals surface area (Å²) in [6, 6.07) is 26.9. The highest BCUT2D eigenvalue weighted by atomic mass is 28.4. The Kier molecular flexibility index (Phi) is 6.45. The van der Waals surface area contributed by atoms with E-state index in [2.05, 4.69) is 74.3 Å². The molecule has 1 N–H and O–H groups in total. The van der Waals surface area contributed by atoms with Gasteiger partial charge in [-0.15, -0.1) is 0 Å². The third-order valence-electron chi connectivity index (χ3n) is 5.24. The maximum absolute atomic E-state index is 10.0. The molecule has 3 rings (SSSR count). The molecule has 1 unspecified atom stereocenters. The number of hydrogen-bond donors (Lipinski definition) is 1. The molecule has 28 heavy (non-hydrogen) atoms. The Hall–Kier alpha value is -2.27. The number of benzene rings is 2. The summed E-state index contributed by atoms with van der Waals surface area (Å²) in [5.74, 6) is -0.150. The molecule has 0 saturated heterocycles. The second-order valence-electron chi connectivity index (χ2n) is 8.11. The van der Waals surface area contributed by atoms with Crippen molar-refractivity contribution >= 4 is 18.7 Å². The second-order valence-corrected chi connectivity index (χ2v) is 12.4. The van der Waals surface area contributed by atoms with E-state index < -0.39 is 8.32 Å². The van der Waals surface area contributed by atoms with Crippen LogP contribution in [0.25, 0.3) is 0 Å². The Bertz CT molecular complexity index is 809. The Morgan fingerprint density at radius 2 is 1.39 bits per heavy atom. The van der Waals surface area contributed by atoms with Crippen molar-refractivity contribution in [3.63, 3.8) is 0 Å². The minimum absolute atomic E-state index is 0.00914. The van der Waals surface area contributed by atoms with Gasteiger partial charge < -0.3 is 9.53 Å². The van der Waals surface area contributed by atoms with Crippen molar-refractivity contribution in [1.82, 2.24) is 4.98 Å². The van der Waals surface area contributed by atoms with E-state index >= 15 is 0 Å². The number of pyridine rings is 1. The van der Waals surface area contributed by atoms with Gasteiger partial charge in [0.25, 0.3) is 8.32 Å². The molecule has 0 bridgehead atoms. The van der Waals surface area contributed by atoms with Crippen molar-refractivity contribution in [2.45, 2.75) is 31.7 Å². The van der Waals surface area contributed by atoms with E-state index in [1.54, 1.807) is 6.20 Å². The first kappa shape index (κ1) is 20.5. The topological polar surface area (TPSA) is 42.4 Å². The summed E-state index contributed by atoms with van der Waals surface area (Å²) in [4.78, 5) is 4.43. The lowest BCUT2D eigenvalue weighted by atomic mass is 10.1. The fourth-order valence-corrected chi connectivity index (χ4v) is 8.44. The van der Waals surface area contributed by atoms with Crippen molar-refractivity contribution in [1.29, 1.82) is 0 Å². The Morgan fingerprint density at radius 1 is 0.857 bits per heavy atom. The minimum Gasteiger partial charge on any atom is -0.407 e. The monoisotopic (exact) mass is 391 g/mol. The van der Waals surface area contributed by atoms with Gasteiger partial charge in [0.15, 0.2) is 0 Å². The molecule has 3 nitrogen and oxygen atoms in total. The Balaban J connectivity index is 2.06. The first-order valence-corrected chi connectivity index (χ1v) is 11.7. The molecule has 4 heteroatoms. The first-order chi connectivity index (χ1) is 13.5. The standard InChI is InChI=1S/C24H29NO2Si/c1-24(2,3)28(21-12-6-4-7-13-21,22-14-8-5-9-15-22)27-19-20(18-26)23-16-10-11-17-25-23/h4-17,20,26H,18-19H2,1-3H3. The van der Waals surface area contributed by atoms with E-state index in [1.807, 2.05) is 30.3 Å². The molecule has 146 valence electrons. The van der Waals surface area contributed by atoms with Gasteiger partial charge in [-0.2, -0.15) is 0 Å². The number of aliphatic hydroxyl groups is 1. The highest BCUT2D eigenvalue weighted by molar-refractivity contribution is 6.99. The minimum atomic E-state index is -2.60. The predicted octanol–water partition coefficient (Wildman–Crippen LogP) is 3.73. The van der Waals surface area contributed by atoms with Gasteiger partial charge in [0, 0.05) is 24.4 Å². The average molecular weight is 392 g/mol. The molecule has 0 amide bonds. The molecule has 3 aromatic rings. The normalized spacial score (nSPS) is 13.3. The molecule has 1 atom stereocenters. The molecular weight excluding hydrogens is 362 g/mol. The zero-order valence-electron chi connectivity index (χ0n) is 16.9. The van der Waals surface area contributed by atoms with Crippen LogP contribution in [0, 0.1) is 0 Å². The number of hydrogen-bond acceptors (Lipinski definition) is 3. The highest BCUT2D eigenvalue weighted by Gasteiger charge is 2.50. The van der Waals surface area contributed by atoms with Gasteiger partial charge in [-0.3, -0.25) is 4.98 Å². The Morgan fingerprint density at radius 3 is 1.82 bits per heavy atom. The van der Waals surface area contributed by atoms with Crippen LogP contribution in [0.4, 0.5) is 0 Å². The van der Waals surface area contributed by atoms with Crippen LogP contribution in [0.3, 0.4) is 0 Å². The van der Waals surface area contributed by atoms with Crippen LogP contribution in [0.15, 0.2) is 85.1 Å². The molecule has 0 aliphatic heterocycles. The van der Waals surface area contributed by atoms with Gasteiger partial charge in [0.05, 0.1) is 6.61 Å². The van der Waals surface area contributed by atoms with Crippen LogP contribution in [-0.2, 0) is 4.43 Å². The third-order valence-corrected chi connectivity index (χ3v) is 10.2. The summed E-state index contributed by atoms with van der Waals surface area (Å²) < 4.78 is 6.91. The summed E-state index contributed by atoms with van der Waals surface area (Å²) in [6.45, 7) is 7.21. The second kappa shape index (κ2) is 8.82. The lowest BCUT2D eigenvalue weighted by Gasteiger charge is -2.43. The van der Waals surface area contributed by atoms with Crippen LogP contribution >= 0.6 is 0 Å². The predicted molar refractivity (Wildman–Crippen MR) is 118 cm³/mol. The van der Waals surface area contributed by atoms with Crippen LogP contribution in [-0.4, -0.2) is 31.6 Å². The molecule has 0 aliphatic rings.